The van der Waals surface area contributed by atoms with Crippen LogP contribution in [0.3, 0.4) is 0 Å². The first-order valence-electron chi connectivity index (χ1n) is 4.04. The van der Waals surface area contributed by atoms with E-state index in [2.05, 4.69) is 10.6 Å². The summed E-state index contributed by atoms with van der Waals surface area (Å²) in [7, 11) is 1.84. The molecule has 0 aliphatic rings. The third-order valence-electron chi connectivity index (χ3n) is 1.64. The van der Waals surface area contributed by atoms with Crippen molar-refractivity contribution in [2.75, 3.05) is 24.2 Å². The molecule has 4 nitrogen and oxygen atoms in total. The van der Waals surface area contributed by atoms with Crippen LogP contribution in [0.4, 0.5) is 11.4 Å². The average Bonchev–Trinajstić information content (AvgIpc) is 2.19. The van der Waals surface area contributed by atoms with Gasteiger partial charge in [-0.15, -0.1) is 0 Å². The molecular formula is C9H13N3O. The van der Waals surface area contributed by atoms with Crippen LogP contribution in [0.5, 0.6) is 0 Å². The summed E-state index contributed by atoms with van der Waals surface area (Å²) in [5.74, 6) is -0.183. The van der Waals surface area contributed by atoms with Crippen molar-refractivity contribution in [3.63, 3.8) is 0 Å². The predicted octanol–water partition coefficient (Wildman–Crippen LogP) is 0.625. The van der Waals surface area contributed by atoms with E-state index in [1.807, 2.05) is 31.3 Å². The highest BCUT2D eigenvalue weighted by atomic mass is 16.1. The van der Waals surface area contributed by atoms with E-state index in [-0.39, 0.29) is 12.5 Å². The molecule has 0 aliphatic heterocycles. The van der Waals surface area contributed by atoms with Crippen LogP contribution in [0, 0.1) is 0 Å². The molecule has 0 aliphatic carbocycles. The standard InChI is InChI=1S/C9H13N3O/c1-11-7-2-4-8(5-3-7)12-9(13)6-10/h2-5,11H,6,10H2,1H3,(H,12,13). The monoisotopic (exact) mass is 179 g/mol. The maximum absolute atomic E-state index is 10.9. The van der Waals surface area contributed by atoms with Crippen LogP contribution < -0.4 is 16.4 Å². The highest BCUT2D eigenvalue weighted by molar-refractivity contribution is 5.92. The van der Waals surface area contributed by atoms with E-state index >= 15 is 0 Å². The molecule has 0 bridgehead atoms. The summed E-state index contributed by atoms with van der Waals surface area (Å²) in [4.78, 5) is 10.9. The van der Waals surface area contributed by atoms with Crippen molar-refractivity contribution in [3.05, 3.63) is 24.3 Å². The number of amides is 1. The molecule has 4 heteroatoms. The minimum atomic E-state index is -0.183. The van der Waals surface area contributed by atoms with Crippen LogP contribution in [-0.2, 0) is 4.79 Å². The minimum absolute atomic E-state index is 0.00772. The zero-order valence-corrected chi connectivity index (χ0v) is 7.50. The average molecular weight is 179 g/mol. The smallest absolute Gasteiger partial charge is 0.238 e. The molecule has 0 heterocycles. The van der Waals surface area contributed by atoms with Crippen LogP contribution in [0.1, 0.15) is 0 Å². The molecule has 1 amide bonds. The third kappa shape index (κ3) is 2.76. The van der Waals surface area contributed by atoms with Crippen LogP contribution in [0.2, 0.25) is 0 Å². The van der Waals surface area contributed by atoms with E-state index in [1.54, 1.807) is 0 Å². The molecule has 13 heavy (non-hydrogen) atoms. The van der Waals surface area contributed by atoms with Crippen molar-refractivity contribution in [2.24, 2.45) is 5.73 Å². The molecule has 0 saturated carbocycles. The normalized spacial score (nSPS) is 9.38. The van der Waals surface area contributed by atoms with E-state index in [1.165, 1.54) is 0 Å². The lowest BCUT2D eigenvalue weighted by atomic mass is 10.3. The Balaban J connectivity index is 2.64. The number of carbonyl (C=O) groups is 1. The van der Waals surface area contributed by atoms with Gasteiger partial charge in [-0.3, -0.25) is 4.79 Å². The maximum atomic E-state index is 10.9. The maximum Gasteiger partial charge on any atom is 0.238 e. The Bertz CT molecular complexity index is 281. The summed E-state index contributed by atoms with van der Waals surface area (Å²) in [5.41, 5.74) is 6.92. The fraction of sp³-hybridized carbons (Fsp3) is 0.222. The Hall–Kier alpha value is -1.55. The molecule has 1 rings (SSSR count). The topological polar surface area (TPSA) is 67.1 Å². The zero-order valence-electron chi connectivity index (χ0n) is 7.50. The first kappa shape index (κ1) is 9.54. The fourth-order valence-corrected chi connectivity index (χ4v) is 0.932. The summed E-state index contributed by atoms with van der Waals surface area (Å²) in [6.45, 7) is 0.00772. The molecule has 0 radical (unpaired) electrons. The molecule has 0 saturated heterocycles. The van der Waals surface area contributed by atoms with Crippen molar-refractivity contribution >= 4 is 17.3 Å². The third-order valence-corrected chi connectivity index (χ3v) is 1.64. The molecular weight excluding hydrogens is 166 g/mol. The second-order valence-electron chi connectivity index (χ2n) is 2.58. The largest absolute Gasteiger partial charge is 0.388 e. The number of hydrogen-bond acceptors (Lipinski definition) is 3. The lowest BCUT2D eigenvalue weighted by Crippen LogP contribution is -2.21. The van der Waals surface area contributed by atoms with Crippen molar-refractivity contribution in [2.45, 2.75) is 0 Å². The first-order valence-corrected chi connectivity index (χ1v) is 4.04. The highest BCUT2D eigenvalue weighted by Crippen LogP contribution is 2.12. The van der Waals surface area contributed by atoms with E-state index in [9.17, 15) is 4.79 Å². The van der Waals surface area contributed by atoms with Crippen LogP contribution in [-0.4, -0.2) is 19.5 Å². The molecule has 0 unspecified atom stereocenters. The Morgan fingerprint density at radius 3 is 2.31 bits per heavy atom. The molecule has 1 aromatic rings. The van der Waals surface area contributed by atoms with Gasteiger partial charge in [0.15, 0.2) is 0 Å². The number of hydrogen-bond donors (Lipinski definition) is 3. The second kappa shape index (κ2) is 4.47. The number of nitrogens with two attached hydrogens (primary N) is 1. The summed E-state index contributed by atoms with van der Waals surface area (Å²) >= 11 is 0. The molecule has 4 N–H and O–H groups in total. The summed E-state index contributed by atoms with van der Waals surface area (Å²) in [5, 5.41) is 5.64. The molecule has 0 atom stereocenters. The van der Waals surface area contributed by atoms with Crippen molar-refractivity contribution in [1.82, 2.24) is 0 Å². The van der Waals surface area contributed by atoms with Crippen LogP contribution in [0.15, 0.2) is 24.3 Å². The van der Waals surface area contributed by atoms with Gasteiger partial charge < -0.3 is 16.4 Å². The van der Waals surface area contributed by atoms with Crippen molar-refractivity contribution < 1.29 is 4.79 Å². The first-order chi connectivity index (χ1) is 6.26. The predicted molar refractivity (Wildman–Crippen MR) is 53.7 cm³/mol. The van der Waals surface area contributed by atoms with Gasteiger partial charge in [-0.2, -0.15) is 0 Å². The Morgan fingerprint density at radius 2 is 1.85 bits per heavy atom. The van der Waals surface area contributed by atoms with Gasteiger partial charge in [0.05, 0.1) is 6.54 Å². The van der Waals surface area contributed by atoms with Gasteiger partial charge in [-0.25, -0.2) is 0 Å². The lowest BCUT2D eigenvalue weighted by molar-refractivity contribution is -0.114. The minimum Gasteiger partial charge on any atom is -0.388 e. The van der Waals surface area contributed by atoms with Gasteiger partial charge >= 0.3 is 0 Å². The van der Waals surface area contributed by atoms with Crippen LogP contribution in [0.25, 0.3) is 0 Å². The van der Waals surface area contributed by atoms with Gasteiger partial charge in [0, 0.05) is 18.4 Å². The fourth-order valence-electron chi connectivity index (χ4n) is 0.932. The van der Waals surface area contributed by atoms with Gasteiger partial charge in [-0.05, 0) is 24.3 Å². The number of anilines is 2. The number of nitrogens with one attached hydrogen (secondary N) is 2. The Kier molecular flexibility index (Phi) is 3.28. The molecule has 0 fully saturated rings. The number of benzene rings is 1. The lowest BCUT2D eigenvalue weighted by Gasteiger charge is -2.04. The van der Waals surface area contributed by atoms with Crippen LogP contribution >= 0.6 is 0 Å². The van der Waals surface area contributed by atoms with E-state index in [0.29, 0.717) is 0 Å². The van der Waals surface area contributed by atoms with Gasteiger partial charge in [0.1, 0.15) is 0 Å². The molecule has 70 valence electrons. The molecule has 0 spiro atoms. The Morgan fingerprint density at radius 1 is 1.31 bits per heavy atom. The van der Waals surface area contributed by atoms with E-state index in [4.69, 9.17) is 5.73 Å². The molecule has 1 aromatic carbocycles. The molecule has 0 aromatic heterocycles. The zero-order chi connectivity index (χ0) is 9.68. The highest BCUT2D eigenvalue weighted by Gasteiger charge is 1.97. The second-order valence-corrected chi connectivity index (χ2v) is 2.58. The SMILES string of the molecule is CNc1ccc(NC(=O)CN)cc1. The van der Waals surface area contributed by atoms with Crippen molar-refractivity contribution in [1.29, 1.82) is 0 Å². The summed E-state index contributed by atoms with van der Waals surface area (Å²) in [6.07, 6.45) is 0. The van der Waals surface area contributed by atoms with E-state index in [0.717, 1.165) is 11.4 Å². The van der Waals surface area contributed by atoms with Gasteiger partial charge in [0.2, 0.25) is 5.91 Å². The van der Waals surface area contributed by atoms with Crippen molar-refractivity contribution in [3.8, 4) is 0 Å². The Labute approximate surface area is 77.1 Å². The summed E-state index contributed by atoms with van der Waals surface area (Å²) in [6, 6.07) is 7.40. The summed E-state index contributed by atoms with van der Waals surface area (Å²) < 4.78 is 0. The van der Waals surface area contributed by atoms with Gasteiger partial charge in [-0.1, -0.05) is 0 Å². The van der Waals surface area contributed by atoms with E-state index < -0.39 is 0 Å². The van der Waals surface area contributed by atoms with Gasteiger partial charge in [0.25, 0.3) is 0 Å². The number of rotatable bonds is 3. The quantitative estimate of drug-likeness (QED) is 0.637. The number of carbonyl (C=O) groups excluding carboxylic acids is 1.